The number of allylic oxidation sites excluding steroid dienone is 2. The van der Waals surface area contributed by atoms with Crippen LogP contribution in [0.25, 0.3) is 32.3 Å². The molecule has 170 valence electrons. The Morgan fingerprint density at radius 3 is 1.97 bits per heavy atom. The van der Waals surface area contributed by atoms with Gasteiger partial charge in [-0.2, -0.15) is 0 Å². The lowest BCUT2D eigenvalue weighted by molar-refractivity contribution is 0.289. The van der Waals surface area contributed by atoms with Crippen LogP contribution in [0.3, 0.4) is 0 Å². The molecule has 5 aromatic rings. The van der Waals surface area contributed by atoms with Crippen LogP contribution in [0.5, 0.6) is 0 Å². The van der Waals surface area contributed by atoms with Gasteiger partial charge in [0.05, 0.1) is 12.1 Å². The van der Waals surface area contributed by atoms with Crippen LogP contribution >= 0.6 is 0 Å². The molecule has 1 aliphatic heterocycles. The first-order valence-corrected chi connectivity index (χ1v) is 12.5. The van der Waals surface area contributed by atoms with Gasteiger partial charge in [0.1, 0.15) is 0 Å². The van der Waals surface area contributed by atoms with Crippen LogP contribution in [-0.2, 0) is 13.0 Å². The lowest BCUT2D eigenvalue weighted by Crippen LogP contribution is -2.36. The van der Waals surface area contributed by atoms with Gasteiger partial charge in [-0.15, -0.1) is 0 Å². The van der Waals surface area contributed by atoms with E-state index in [2.05, 4.69) is 66.7 Å². The number of nitrogens with zero attached hydrogens (tertiary/aromatic N) is 3. The van der Waals surface area contributed by atoms with Gasteiger partial charge in [0.15, 0.2) is 0 Å². The van der Waals surface area contributed by atoms with Gasteiger partial charge in [-0.25, -0.2) is 23.5 Å². The third-order valence-electron chi connectivity index (χ3n) is 7.97. The van der Waals surface area contributed by atoms with Crippen LogP contribution in [-0.4, -0.2) is 13.9 Å². The number of aromatic nitrogens is 3. The van der Waals surface area contributed by atoms with Gasteiger partial charge in [0, 0.05) is 6.54 Å². The highest BCUT2D eigenvalue weighted by Crippen LogP contribution is 2.36. The first-order valence-electron chi connectivity index (χ1n) is 12.5. The summed E-state index contributed by atoms with van der Waals surface area (Å²) in [6.07, 6.45) is 9.89. The Bertz CT molecular complexity index is 1640. The molecule has 5 heteroatoms. The van der Waals surface area contributed by atoms with Gasteiger partial charge < -0.3 is 0 Å². The highest BCUT2D eigenvalue weighted by Gasteiger charge is 2.29. The minimum absolute atomic E-state index is 0.00978. The Kier molecular flexibility index (Phi) is 4.35. The van der Waals surface area contributed by atoms with Crippen molar-refractivity contribution in [2.75, 3.05) is 0 Å². The van der Waals surface area contributed by atoms with Gasteiger partial charge in [0.25, 0.3) is 0 Å². The topological polar surface area (TPSA) is 48.9 Å². The predicted octanol–water partition coefficient (Wildman–Crippen LogP) is 5.57. The van der Waals surface area contributed by atoms with E-state index < -0.39 is 0 Å². The van der Waals surface area contributed by atoms with Crippen molar-refractivity contribution in [3.63, 3.8) is 0 Å². The summed E-state index contributed by atoms with van der Waals surface area (Å²) in [6, 6.07) is 19.7. The summed E-state index contributed by atoms with van der Waals surface area (Å²) in [4.78, 5) is 26.5. The zero-order chi connectivity index (χ0) is 22.8. The quantitative estimate of drug-likeness (QED) is 0.266. The standard InChI is InChI=1S/C29H27N3O2/c33-28-30(29(34)32-24-9-2-1-8-23(15-16-24)31(28)32)18-4-7-19-10-11-22-13-12-20-5-3-6-21-14-17-25(19)27(22)26(20)21/h3,5-6,10-17,23-24H,1-2,4,7-9,18H2/t23-,24+. The Morgan fingerprint density at radius 2 is 1.29 bits per heavy atom. The van der Waals surface area contributed by atoms with Crippen molar-refractivity contribution in [2.24, 2.45) is 0 Å². The Balaban J connectivity index is 1.23. The fraction of sp³-hybridized carbons (Fsp3) is 0.310. The summed E-state index contributed by atoms with van der Waals surface area (Å²) in [6.45, 7) is 0.450. The van der Waals surface area contributed by atoms with Crippen LogP contribution < -0.4 is 11.4 Å². The molecule has 0 radical (unpaired) electrons. The van der Waals surface area contributed by atoms with Gasteiger partial charge in [-0.05, 0) is 63.6 Å². The van der Waals surface area contributed by atoms with Crippen LogP contribution in [0.1, 0.15) is 49.8 Å². The second-order valence-electron chi connectivity index (χ2n) is 9.89. The van der Waals surface area contributed by atoms with Crippen LogP contribution in [0.2, 0.25) is 0 Å². The van der Waals surface area contributed by atoms with Crippen molar-refractivity contribution in [1.82, 2.24) is 13.9 Å². The lowest BCUT2D eigenvalue weighted by Gasteiger charge is -2.29. The average molecular weight is 450 g/mol. The van der Waals surface area contributed by atoms with Crippen molar-refractivity contribution in [3.05, 3.63) is 93.3 Å². The molecule has 1 aromatic heterocycles. The second kappa shape index (κ2) is 7.45. The van der Waals surface area contributed by atoms with Gasteiger partial charge in [-0.1, -0.05) is 79.6 Å². The molecule has 0 spiro atoms. The molecule has 5 nitrogen and oxygen atoms in total. The summed E-state index contributed by atoms with van der Waals surface area (Å²) in [5, 5.41) is 7.71. The minimum atomic E-state index is -0.151. The minimum Gasteiger partial charge on any atom is -0.246 e. The molecule has 2 bridgehead atoms. The average Bonchev–Trinajstić information content (AvgIpc) is 3.08. The molecular weight excluding hydrogens is 422 g/mol. The van der Waals surface area contributed by atoms with E-state index in [-0.39, 0.29) is 23.5 Å². The maximum Gasteiger partial charge on any atom is 0.347 e. The van der Waals surface area contributed by atoms with E-state index in [1.807, 2.05) is 0 Å². The fourth-order valence-electron chi connectivity index (χ4n) is 6.31. The molecule has 7 rings (SSSR count). The summed E-state index contributed by atoms with van der Waals surface area (Å²) >= 11 is 0. The predicted molar refractivity (Wildman–Crippen MR) is 137 cm³/mol. The zero-order valence-electron chi connectivity index (χ0n) is 19.1. The van der Waals surface area contributed by atoms with Crippen molar-refractivity contribution in [2.45, 2.75) is 57.2 Å². The molecule has 2 atom stereocenters. The van der Waals surface area contributed by atoms with E-state index in [9.17, 15) is 9.59 Å². The van der Waals surface area contributed by atoms with Gasteiger partial charge in [0.2, 0.25) is 0 Å². The number of hydrogen-bond donors (Lipinski definition) is 0. The van der Waals surface area contributed by atoms with Gasteiger partial charge >= 0.3 is 11.4 Å². The first kappa shape index (κ1) is 19.8. The SMILES string of the molecule is O=c1n(CCCc2ccc3ccc4cccc5ccc2c3c45)c(=O)n2n1[C@@H]1C=C[C@H]2CCCC1. The molecule has 0 N–H and O–H groups in total. The monoisotopic (exact) mass is 449 g/mol. The molecule has 2 heterocycles. The van der Waals surface area contributed by atoms with E-state index in [0.717, 1.165) is 38.5 Å². The Hall–Kier alpha value is -3.60. The van der Waals surface area contributed by atoms with Crippen molar-refractivity contribution in [3.8, 4) is 0 Å². The molecule has 0 fully saturated rings. The maximum atomic E-state index is 13.2. The normalized spacial score (nSPS) is 19.8. The molecule has 0 saturated carbocycles. The summed E-state index contributed by atoms with van der Waals surface area (Å²) in [5.74, 6) is 0. The second-order valence-corrected chi connectivity index (χ2v) is 9.89. The third kappa shape index (κ3) is 2.79. The summed E-state index contributed by atoms with van der Waals surface area (Å²) in [7, 11) is 0. The molecule has 4 aromatic carbocycles. The Morgan fingerprint density at radius 1 is 0.706 bits per heavy atom. The molecule has 1 aliphatic carbocycles. The number of fused-ring (bicyclic) bond motifs is 5. The van der Waals surface area contributed by atoms with Crippen LogP contribution in [0.15, 0.2) is 76.3 Å². The van der Waals surface area contributed by atoms with Crippen molar-refractivity contribution >= 4 is 32.3 Å². The first-order chi connectivity index (χ1) is 16.7. The molecule has 0 unspecified atom stereocenters. The summed E-state index contributed by atoms with van der Waals surface area (Å²) in [5.41, 5.74) is 0.974. The van der Waals surface area contributed by atoms with E-state index in [1.54, 1.807) is 9.36 Å². The van der Waals surface area contributed by atoms with E-state index in [0.29, 0.717) is 6.54 Å². The number of hydrogen-bond acceptors (Lipinski definition) is 2. The van der Waals surface area contributed by atoms with E-state index in [4.69, 9.17) is 0 Å². The molecular formula is C29H27N3O2. The highest BCUT2D eigenvalue weighted by molar-refractivity contribution is 6.23. The van der Waals surface area contributed by atoms with Gasteiger partial charge in [-0.3, -0.25) is 0 Å². The Labute approximate surface area is 196 Å². The van der Waals surface area contributed by atoms with Crippen LogP contribution in [0.4, 0.5) is 0 Å². The smallest absolute Gasteiger partial charge is 0.246 e. The number of rotatable bonds is 4. The van der Waals surface area contributed by atoms with E-state index in [1.165, 1.54) is 42.4 Å². The fourth-order valence-corrected chi connectivity index (χ4v) is 6.31. The largest absolute Gasteiger partial charge is 0.347 e. The molecule has 34 heavy (non-hydrogen) atoms. The van der Waals surface area contributed by atoms with Crippen molar-refractivity contribution < 1.29 is 0 Å². The van der Waals surface area contributed by atoms with E-state index >= 15 is 0 Å². The van der Waals surface area contributed by atoms with Crippen LogP contribution in [0, 0.1) is 0 Å². The lowest BCUT2D eigenvalue weighted by atomic mass is 9.91. The summed E-state index contributed by atoms with van der Waals surface area (Å²) < 4.78 is 4.92. The molecule has 2 aliphatic rings. The highest BCUT2D eigenvalue weighted by atomic mass is 16.2. The van der Waals surface area contributed by atoms with Crippen molar-refractivity contribution in [1.29, 1.82) is 0 Å². The number of aryl methyl sites for hydroxylation is 1. The molecule has 0 amide bonds. The maximum absolute atomic E-state index is 13.2. The third-order valence-corrected chi connectivity index (χ3v) is 7.97. The number of benzene rings is 4. The molecule has 0 saturated heterocycles. The zero-order valence-corrected chi connectivity index (χ0v) is 19.1.